The third-order valence-electron chi connectivity index (χ3n) is 3.59. The minimum atomic E-state index is 0. The first-order valence-electron chi connectivity index (χ1n) is 6.43. The van der Waals surface area contributed by atoms with E-state index >= 15 is 0 Å². The number of methoxy groups -OCH3 is 2. The lowest BCUT2D eigenvalue weighted by atomic mass is 10.0. The Morgan fingerprint density at radius 3 is 2.30 bits per heavy atom. The standard InChI is InChI=1S/C14H22N2O2.2ClH/c1-11(16-8-6-15-7-9-16)13-5-4-12(17-2)10-14(13)18-3;;/h4-5,10-11,15H,6-9H2,1-3H3;2*1H/t11-;;/m1../s1. The van der Waals surface area contributed by atoms with Crippen molar-refractivity contribution in [1.82, 2.24) is 10.2 Å². The fourth-order valence-electron chi connectivity index (χ4n) is 2.43. The number of halogens is 2. The summed E-state index contributed by atoms with van der Waals surface area (Å²) in [6.07, 6.45) is 0. The molecular formula is C14H24Cl2N2O2. The minimum Gasteiger partial charge on any atom is -0.497 e. The minimum absolute atomic E-state index is 0. The number of nitrogens with zero attached hydrogens (tertiary/aromatic N) is 1. The topological polar surface area (TPSA) is 33.7 Å². The molecule has 6 heteroatoms. The molecule has 0 unspecified atom stereocenters. The smallest absolute Gasteiger partial charge is 0.127 e. The van der Waals surface area contributed by atoms with Gasteiger partial charge >= 0.3 is 0 Å². The molecule has 1 aromatic rings. The average Bonchev–Trinajstić information content (AvgIpc) is 2.46. The van der Waals surface area contributed by atoms with Crippen LogP contribution >= 0.6 is 24.8 Å². The monoisotopic (exact) mass is 322 g/mol. The Kier molecular flexibility index (Phi) is 8.98. The quantitative estimate of drug-likeness (QED) is 0.923. The molecule has 1 aromatic carbocycles. The molecule has 1 aliphatic heterocycles. The highest BCUT2D eigenvalue weighted by molar-refractivity contribution is 5.85. The van der Waals surface area contributed by atoms with E-state index in [0.29, 0.717) is 6.04 Å². The summed E-state index contributed by atoms with van der Waals surface area (Å²) in [5, 5.41) is 3.37. The maximum Gasteiger partial charge on any atom is 0.127 e. The Morgan fingerprint density at radius 2 is 1.75 bits per heavy atom. The van der Waals surface area contributed by atoms with Crippen LogP contribution < -0.4 is 14.8 Å². The molecule has 0 bridgehead atoms. The molecule has 1 N–H and O–H groups in total. The van der Waals surface area contributed by atoms with Gasteiger partial charge in [-0.25, -0.2) is 0 Å². The molecule has 1 saturated heterocycles. The molecule has 1 aliphatic rings. The largest absolute Gasteiger partial charge is 0.497 e. The van der Waals surface area contributed by atoms with E-state index in [2.05, 4.69) is 23.2 Å². The van der Waals surface area contributed by atoms with Gasteiger partial charge in [-0.15, -0.1) is 24.8 Å². The lowest BCUT2D eigenvalue weighted by Crippen LogP contribution is -2.44. The van der Waals surface area contributed by atoms with Gasteiger partial charge in [0.25, 0.3) is 0 Å². The van der Waals surface area contributed by atoms with Crippen LogP contribution in [-0.4, -0.2) is 45.3 Å². The van der Waals surface area contributed by atoms with Crippen molar-refractivity contribution < 1.29 is 9.47 Å². The van der Waals surface area contributed by atoms with E-state index in [1.54, 1.807) is 14.2 Å². The summed E-state index contributed by atoms with van der Waals surface area (Å²) in [4.78, 5) is 2.47. The highest BCUT2D eigenvalue weighted by Crippen LogP contribution is 2.32. The Morgan fingerprint density at radius 1 is 1.10 bits per heavy atom. The van der Waals surface area contributed by atoms with E-state index in [1.165, 1.54) is 5.56 Å². The molecule has 0 spiro atoms. The molecule has 0 radical (unpaired) electrons. The second-order valence-corrected chi connectivity index (χ2v) is 4.57. The molecule has 1 heterocycles. The highest BCUT2D eigenvalue weighted by atomic mass is 35.5. The Hall–Kier alpha value is -0.680. The molecule has 116 valence electrons. The highest BCUT2D eigenvalue weighted by Gasteiger charge is 2.20. The second-order valence-electron chi connectivity index (χ2n) is 4.57. The third-order valence-corrected chi connectivity index (χ3v) is 3.59. The van der Waals surface area contributed by atoms with E-state index in [1.807, 2.05) is 12.1 Å². The van der Waals surface area contributed by atoms with Gasteiger partial charge in [-0.1, -0.05) is 6.07 Å². The number of rotatable bonds is 4. The van der Waals surface area contributed by atoms with Crippen LogP contribution in [0.5, 0.6) is 11.5 Å². The van der Waals surface area contributed by atoms with Gasteiger partial charge in [0.2, 0.25) is 0 Å². The summed E-state index contributed by atoms with van der Waals surface area (Å²) in [5.74, 6) is 1.74. The molecule has 0 saturated carbocycles. The number of benzene rings is 1. The fraction of sp³-hybridized carbons (Fsp3) is 0.571. The summed E-state index contributed by atoms with van der Waals surface area (Å²) in [6, 6.07) is 6.42. The fourth-order valence-corrected chi connectivity index (χ4v) is 2.43. The van der Waals surface area contributed by atoms with Gasteiger partial charge in [0.15, 0.2) is 0 Å². The number of hydrogen-bond acceptors (Lipinski definition) is 4. The van der Waals surface area contributed by atoms with Crippen molar-refractivity contribution in [3.8, 4) is 11.5 Å². The zero-order valence-electron chi connectivity index (χ0n) is 12.2. The maximum absolute atomic E-state index is 5.48. The Bertz CT molecular complexity index is 399. The van der Waals surface area contributed by atoms with E-state index in [4.69, 9.17) is 9.47 Å². The molecule has 4 nitrogen and oxygen atoms in total. The van der Waals surface area contributed by atoms with Crippen LogP contribution in [0.4, 0.5) is 0 Å². The predicted molar refractivity (Wildman–Crippen MR) is 86.9 cm³/mol. The zero-order chi connectivity index (χ0) is 13.0. The first kappa shape index (κ1) is 19.3. The molecule has 20 heavy (non-hydrogen) atoms. The van der Waals surface area contributed by atoms with Gasteiger partial charge < -0.3 is 14.8 Å². The van der Waals surface area contributed by atoms with Crippen LogP contribution in [0.3, 0.4) is 0 Å². The average molecular weight is 323 g/mol. The van der Waals surface area contributed by atoms with E-state index in [0.717, 1.165) is 37.7 Å². The molecule has 0 aliphatic carbocycles. The summed E-state index contributed by atoms with van der Waals surface area (Å²) in [6.45, 7) is 6.51. The van der Waals surface area contributed by atoms with Crippen molar-refractivity contribution >= 4 is 24.8 Å². The lowest BCUT2D eigenvalue weighted by molar-refractivity contribution is 0.182. The van der Waals surface area contributed by atoms with Gasteiger partial charge in [0, 0.05) is 43.9 Å². The van der Waals surface area contributed by atoms with E-state index in [-0.39, 0.29) is 24.8 Å². The molecule has 1 fully saturated rings. The second kappa shape index (κ2) is 9.29. The SMILES string of the molecule is COc1ccc([C@@H](C)N2CCNCC2)c(OC)c1.Cl.Cl. The first-order valence-corrected chi connectivity index (χ1v) is 6.43. The van der Waals surface area contributed by atoms with Crippen molar-refractivity contribution in [3.63, 3.8) is 0 Å². The van der Waals surface area contributed by atoms with Crippen molar-refractivity contribution in [2.45, 2.75) is 13.0 Å². The normalized spacial score (nSPS) is 16.6. The molecule has 1 atom stereocenters. The summed E-state index contributed by atoms with van der Waals surface area (Å²) in [5.41, 5.74) is 1.22. The first-order chi connectivity index (χ1) is 8.76. The number of nitrogens with one attached hydrogen (secondary N) is 1. The van der Waals surface area contributed by atoms with Crippen LogP contribution in [0.1, 0.15) is 18.5 Å². The van der Waals surface area contributed by atoms with Crippen LogP contribution in [-0.2, 0) is 0 Å². The van der Waals surface area contributed by atoms with Crippen LogP contribution in [0.2, 0.25) is 0 Å². The number of ether oxygens (including phenoxy) is 2. The Balaban J connectivity index is 0.00000180. The summed E-state index contributed by atoms with van der Waals surface area (Å²) in [7, 11) is 3.39. The van der Waals surface area contributed by atoms with Crippen LogP contribution in [0.15, 0.2) is 18.2 Å². The van der Waals surface area contributed by atoms with Crippen molar-refractivity contribution in [1.29, 1.82) is 0 Å². The molecular weight excluding hydrogens is 299 g/mol. The van der Waals surface area contributed by atoms with Crippen molar-refractivity contribution in [2.75, 3.05) is 40.4 Å². The number of piperazine rings is 1. The maximum atomic E-state index is 5.48. The van der Waals surface area contributed by atoms with E-state index < -0.39 is 0 Å². The third kappa shape index (κ3) is 4.42. The van der Waals surface area contributed by atoms with Gasteiger partial charge in [-0.05, 0) is 13.0 Å². The van der Waals surface area contributed by atoms with Gasteiger partial charge in [0.1, 0.15) is 11.5 Å². The van der Waals surface area contributed by atoms with Gasteiger partial charge in [-0.3, -0.25) is 4.90 Å². The Labute approximate surface area is 133 Å². The zero-order valence-corrected chi connectivity index (χ0v) is 13.9. The van der Waals surface area contributed by atoms with Gasteiger partial charge in [0.05, 0.1) is 14.2 Å². The van der Waals surface area contributed by atoms with Gasteiger partial charge in [-0.2, -0.15) is 0 Å². The summed E-state index contributed by atoms with van der Waals surface area (Å²) < 4.78 is 10.7. The molecule has 2 rings (SSSR count). The van der Waals surface area contributed by atoms with Crippen LogP contribution in [0, 0.1) is 0 Å². The molecule has 0 amide bonds. The van der Waals surface area contributed by atoms with Crippen molar-refractivity contribution in [2.24, 2.45) is 0 Å². The predicted octanol–water partition coefficient (Wildman–Crippen LogP) is 2.51. The van der Waals surface area contributed by atoms with Crippen LogP contribution in [0.25, 0.3) is 0 Å². The summed E-state index contributed by atoms with van der Waals surface area (Å²) >= 11 is 0. The number of hydrogen-bond donors (Lipinski definition) is 1. The molecule has 0 aromatic heterocycles. The van der Waals surface area contributed by atoms with Crippen molar-refractivity contribution in [3.05, 3.63) is 23.8 Å². The lowest BCUT2D eigenvalue weighted by Gasteiger charge is -2.33. The van der Waals surface area contributed by atoms with E-state index in [9.17, 15) is 0 Å².